The van der Waals surface area contributed by atoms with Crippen molar-refractivity contribution < 1.29 is 4.39 Å². The van der Waals surface area contributed by atoms with Crippen LogP contribution < -0.4 is 0 Å². The van der Waals surface area contributed by atoms with Crippen molar-refractivity contribution in [2.45, 2.75) is 33.2 Å². The third-order valence-corrected chi connectivity index (χ3v) is 3.55. The molecule has 1 aromatic heterocycles. The van der Waals surface area contributed by atoms with E-state index < -0.39 is 0 Å². The fourth-order valence-electron chi connectivity index (χ4n) is 2.83. The zero-order chi connectivity index (χ0) is 13.8. The minimum Gasteiger partial charge on any atom is -0.335 e. The van der Waals surface area contributed by atoms with E-state index in [2.05, 4.69) is 50.5 Å². The molecule has 0 saturated heterocycles. The highest BCUT2D eigenvalue weighted by molar-refractivity contribution is 6.08. The zero-order valence-corrected chi connectivity index (χ0v) is 11.8. The number of benzene rings is 2. The molecule has 2 heteroatoms. The van der Waals surface area contributed by atoms with Crippen LogP contribution in [-0.2, 0) is 5.54 Å². The molecule has 0 aliphatic heterocycles. The van der Waals surface area contributed by atoms with E-state index in [4.69, 9.17) is 0 Å². The zero-order valence-electron chi connectivity index (χ0n) is 11.8. The topological polar surface area (TPSA) is 4.93 Å². The van der Waals surface area contributed by atoms with Crippen LogP contribution in [0.5, 0.6) is 0 Å². The van der Waals surface area contributed by atoms with Crippen molar-refractivity contribution in [3.8, 4) is 0 Å². The molecule has 3 aromatic rings. The van der Waals surface area contributed by atoms with Gasteiger partial charge in [0.15, 0.2) is 0 Å². The predicted molar refractivity (Wildman–Crippen MR) is 79.1 cm³/mol. The van der Waals surface area contributed by atoms with Crippen molar-refractivity contribution in [2.75, 3.05) is 0 Å². The second-order valence-electron chi connectivity index (χ2n) is 6.19. The summed E-state index contributed by atoms with van der Waals surface area (Å²) >= 11 is 0. The van der Waals surface area contributed by atoms with E-state index >= 15 is 0 Å². The van der Waals surface area contributed by atoms with E-state index in [1.165, 1.54) is 17.1 Å². The lowest BCUT2D eigenvalue weighted by Gasteiger charge is -2.24. The lowest BCUT2D eigenvalue weighted by atomic mass is 10.1. The summed E-state index contributed by atoms with van der Waals surface area (Å²) in [5.74, 6) is -0.179. The first kappa shape index (κ1) is 12.2. The summed E-state index contributed by atoms with van der Waals surface area (Å²) in [7, 11) is 0. The Labute approximate surface area is 112 Å². The maximum absolute atomic E-state index is 13.6. The van der Waals surface area contributed by atoms with Crippen LogP contribution in [0.2, 0.25) is 0 Å². The van der Waals surface area contributed by atoms with Gasteiger partial charge in [-0.1, -0.05) is 11.6 Å². The summed E-state index contributed by atoms with van der Waals surface area (Å²) in [6.07, 6.45) is 0. The second kappa shape index (κ2) is 3.83. The first-order valence-corrected chi connectivity index (χ1v) is 6.59. The van der Waals surface area contributed by atoms with Gasteiger partial charge in [0, 0.05) is 27.3 Å². The van der Waals surface area contributed by atoms with E-state index in [1.807, 2.05) is 6.07 Å². The van der Waals surface area contributed by atoms with Crippen LogP contribution in [0.3, 0.4) is 0 Å². The SMILES string of the molecule is Cc1ccc2c(c1)c1cc(F)ccc1n2C(C)(C)C. The summed E-state index contributed by atoms with van der Waals surface area (Å²) in [6, 6.07) is 11.4. The van der Waals surface area contributed by atoms with Gasteiger partial charge in [0.1, 0.15) is 5.82 Å². The van der Waals surface area contributed by atoms with Crippen molar-refractivity contribution in [1.82, 2.24) is 4.57 Å². The van der Waals surface area contributed by atoms with Crippen LogP contribution in [-0.4, -0.2) is 4.57 Å². The number of hydrogen-bond acceptors (Lipinski definition) is 0. The largest absolute Gasteiger partial charge is 0.335 e. The molecule has 0 N–H and O–H groups in total. The highest BCUT2D eigenvalue weighted by atomic mass is 19.1. The van der Waals surface area contributed by atoms with Crippen LogP contribution in [0.1, 0.15) is 26.3 Å². The summed E-state index contributed by atoms with van der Waals surface area (Å²) in [4.78, 5) is 0. The van der Waals surface area contributed by atoms with Gasteiger partial charge in [-0.3, -0.25) is 0 Å². The number of aryl methyl sites for hydroxylation is 1. The molecule has 3 rings (SSSR count). The fourth-order valence-corrected chi connectivity index (χ4v) is 2.83. The van der Waals surface area contributed by atoms with Crippen LogP contribution in [0.4, 0.5) is 4.39 Å². The van der Waals surface area contributed by atoms with E-state index in [1.54, 1.807) is 6.07 Å². The smallest absolute Gasteiger partial charge is 0.123 e. The van der Waals surface area contributed by atoms with Crippen molar-refractivity contribution in [1.29, 1.82) is 0 Å². The third-order valence-electron chi connectivity index (χ3n) is 3.55. The maximum atomic E-state index is 13.6. The van der Waals surface area contributed by atoms with Gasteiger partial charge in [-0.2, -0.15) is 0 Å². The Morgan fingerprint density at radius 1 is 0.895 bits per heavy atom. The van der Waals surface area contributed by atoms with Gasteiger partial charge in [-0.05, 0) is 58.0 Å². The Balaban J connectivity index is 2.58. The average molecular weight is 255 g/mol. The number of aromatic nitrogens is 1. The molecule has 0 amide bonds. The number of halogens is 1. The van der Waals surface area contributed by atoms with E-state index in [0.717, 1.165) is 16.3 Å². The Kier molecular flexibility index (Phi) is 2.46. The molecule has 98 valence electrons. The fraction of sp³-hybridized carbons (Fsp3) is 0.294. The molecule has 0 bridgehead atoms. The average Bonchev–Trinajstić information content (AvgIpc) is 2.62. The van der Waals surface area contributed by atoms with Gasteiger partial charge < -0.3 is 4.57 Å². The molecule has 0 spiro atoms. The molecular formula is C17H18FN. The van der Waals surface area contributed by atoms with Gasteiger partial charge in [-0.15, -0.1) is 0 Å². The molecule has 0 atom stereocenters. The molecule has 0 radical (unpaired) electrons. The van der Waals surface area contributed by atoms with Crippen molar-refractivity contribution in [3.63, 3.8) is 0 Å². The van der Waals surface area contributed by atoms with E-state index in [9.17, 15) is 4.39 Å². The van der Waals surface area contributed by atoms with Gasteiger partial charge >= 0.3 is 0 Å². The Morgan fingerprint density at radius 3 is 2.11 bits per heavy atom. The molecule has 0 unspecified atom stereocenters. The van der Waals surface area contributed by atoms with Crippen LogP contribution in [0, 0.1) is 12.7 Å². The standard InChI is InChI=1S/C17H18FN/c1-11-5-7-15-13(9-11)14-10-12(18)6-8-16(14)19(15)17(2,3)4/h5-10H,1-4H3. The maximum Gasteiger partial charge on any atom is 0.123 e. The van der Waals surface area contributed by atoms with Crippen LogP contribution >= 0.6 is 0 Å². The molecule has 1 heterocycles. The van der Waals surface area contributed by atoms with Crippen LogP contribution in [0.15, 0.2) is 36.4 Å². The summed E-state index contributed by atoms with van der Waals surface area (Å²) in [5.41, 5.74) is 3.42. The summed E-state index contributed by atoms with van der Waals surface area (Å²) < 4.78 is 15.8. The Bertz CT molecular complexity index is 716. The molecule has 0 saturated carbocycles. The van der Waals surface area contributed by atoms with Crippen LogP contribution in [0.25, 0.3) is 21.8 Å². The first-order chi connectivity index (χ1) is 8.88. The van der Waals surface area contributed by atoms with Gasteiger partial charge in [-0.25, -0.2) is 4.39 Å². The number of fused-ring (bicyclic) bond motifs is 3. The molecule has 0 fully saturated rings. The minimum atomic E-state index is -0.179. The monoisotopic (exact) mass is 255 g/mol. The normalized spacial score (nSPS) is 12.5. The predicted octanol–water partition coefficient (Wildman–Crippen LogP) is 5.00. The minimum absolute atomic E-state index is 0.0346. The Hall–Kier alpha value is -1.83. The van der Waals surface area contributed by atoms with E-state index in [-0.39, 0.29) is 11.4 Å². The number of rotatable bonds is 0. The van der Waals surface area contributed by atoms with E-state index in [0.29, 0.717) is 0 Å². The molecule has 2 aromatic carbocycles. The van der Waals surface area contributed by atoms with Gasteiger partial charge in [0.25, 0.3) is 0 Å². The molecule has 0 aliphatic rings. The number of nitrogens with zero attached hydrogens (tertiary/aromatic N) is 1. The first-order valence-electron chi connectivity index (χ1n) is 6.59. The highest BCUT2D eigenvalue weighted by Gasteiger charge is 2.20. The molecule has 1 nitrogen and oxygen atoms in total. The lowest BCUT2D eigenvalue weighted by Crippen LogP contribution is -2.21. The summed E-state index contributed by atoms with van der Waals surface area (Å²) in [6.45, 7) is 8.60. The van der Waals surface area contributed by atoms with Gasteiger partial charge in [0.05, 0.1) is 0 Å². The summed E-state index contributed by atoms with van der Waals surface area (Å²) in [5, 5.41) is 2.12. The lowest BCUT2D eigenvalue weighted by molar-refractivity contribution is 0.423. The third kappa shape index (κ3) is 1.83. The number of hydrogen-bond donors (Lipinski definition) is 0. The highest BCUT2D eigenvalue weighted by Crippen LogP contribution is 2.34. The van der Waals surface area contributed by atoms with Crippen molar-refractivity contribution in [3.05, 3.63) is 47.8 Å². The second-order valence-corrected chi connectivity index (χ2v) is 6.19. The Morgan fingerprint density at radius 2 is 1.47 bits per heavy atom. The quantitative estimate of drug-likeness (QED) is 0.533. The van der Waals surface area contributed by atoms with Gasteiger partial charge in [0.2, 0.25) is 0 Å². The molecular weight excluding hydrogens is 237 g/mol. The van der Waals surface area contributed by atoms with Crippen molar-refractivity contribution in [2.24, 2.45) is 0 Å². The van der Waals surface area contributed by atoms with Crippen molar-refractivity contribution >= 4 is 21.8 Å². The molecule has 0 aliphatic carbocycles. The molecule has 19 heavy (non-hydrogen) atoms.